The summed E-state index contributed by atoms with van der Waals surface area (Å²) < 4.78 is 5.00. The van der Waals surface area contributed by atoms with Crippen LogP contribution in [-0.2, 0) is 6.54 Å². The van der Waals surface area contributed by atoms with Crippen LogP contribution in [0.5, 0.6) is 6.01 Å². The molecule has 2 heterocycles. The Labute approximate surface area is 109 Å². The molecule has 0 aliphatic rings. The van der Waals surface area contributed by atoms with Crippen LogP contribution in [0.3, 0.4) is 0 Å². The number of rotatable bonds is 5. The molecule has 18 heavy (non-hydrogen) atoms. The second-order valence-electron chi connectivity index (χ2n) is 3.43. The third-order valence-electron chi connectivity index (χ3n) is 2.12. The predicted octanol–water partition coefficient (Wildman–Crippen LogP) is 1.30. The van der Waals surface area contributed by atoms with Gasteiger partial charge in [-0.25, -0.2) is 4.98 Å². The van der Waals surface area contributed by atoms with Gasteiger partial charge in [-0.05, 0) is 6.92 Å². The lowest BCUT2D eigenvalue weighted by molar-refractivity contribution is 0.379. The first kappa shape index (κ1) is 12.5. The van der Waals surface area contributed by atoms with E-state index in [1.165, 1.54) is 7.11 Å². The van der Waals surface area contributed by atoms with Crippen molar-refractivity contribution >= 4 is 23.2 Å². The largest absolute Gasteiger partial charge is 0.467 e. The molecular formula is C10H14N6OS. The number of thiazole rings is 1. The molecule has 2 aromatic heterocycles. The fraction of sp³-hybridized carbons (Fsp3) is 0.400. The Kier molecular flexibility index (Phi) is 3.88. The van der Waals surface area contributed by atoms with Gasteiger partial charge < -0.3 is 15.4 Å². The average molecular weight is 266 g/mol. The summed E-state index contributed by atoms with van der Waals surface area (Å²) in [5.74, 6) is 0.913. The van der Waals surface area contributed by atoms with Crippen LogP contribution < -0.4 is 15.4 Å². The average Bonchev–Trinajstić information content (AvgIpc) is 2.81. The fourth-order valence-electron chi connectivity index (χ4n) is 1.30. The number of hydrogen-bond acceptors (Lipinski definition) is 8. The molecule has 0 spiro atoms. The lowest BCUT2D eigenvalue weighted by atomic mass is 10.5. The number of nitrogens with one attached hydrogen (secondary N) is 2. The van der Waals surface area contributed by atoms with Crippen LogP contribution in [0, 0.1) is 6.92 Å². The van der Waals surface area contributed by atoms with E-state index in [4.69, 9.17) is 4.74 Å². The maximum atomic E-state index is 5.00. The minimum atomic E-state index is 0.270. The van der Waals surface area contributed by atoms with Crippen LogP contribution in [0.25, 0.3) is 0 Å². The van der Waals surface area contributed by atoms with Crippen LogP contribution in [0.15, 0.2) is 5.38 Å². The molecule has 0 aliphatic carbocycles. The normalized spacial score (nSPS) is 10.2. The van der Waals surface area contributed by atoms with E-state index in [-0.39, 0.29) is 6.01 Å². The van der Waals surface area contributed by atoms with Gasteiger partial charge in [0.1, 0.15) is 0 Å². The lowest BCUT2D eigenvalue weighted by Gasteiger charge is -2.06. The van der Waals surface area contributed by atoms with Gasteiger partial charge in [0, 0.05) is 12.4 Å². The smallest absolute Gasteiger partial charge is 0.322 e. The number of ether oxygens (including phenoxy) is 1. The lowest BCUT2D eigenvalue weighted by Crippen LogP contribution is -2.08. The van der Waals surface area contributed by atoms with Gasteiger partial charge in [-0.1, -0.05) is 0 Å². The third kappa shape index (κ3) is 3.04. The number of methoxy groups -OCH3 is 1. The van der Waals surface area contributed by atoms with E-state index < -0.39 is 0 Å². The Morgan fingerprint density at radius 3 is 2.61 bits per heavy atom. The summed E-state index contributed by atoms with van der Waals surface area (Å²) in [7, 11) is 3.25. The molecule has 0 aliphatic heterocycles. The van der Waals surface area contributed by atoms with Crippen molar-refractivity contribution in [3.63, 3.8) is 0 Å². The molecule has 96 valence electrons. The topological polar surface area (TPSA) is 84.9 Å². The van der Waals surface area contributed by atoms with Crippen LogP contribution in [0.2, 0.25) is 0 Å². The monoisotopic (exact) mass is 266 g/mol. The number of hydrogen-bond donors (Lipinski definition) is 2. The van der Waals surface area contributed by atoms with Gasteiger partial charge in [0.05, 0.1) is 24.4 Å². The molecule has 0 atom stereocenters. The molecule has 2 aromatic rings. The van der Waals surface area contributed by atoms with E-state index in [2.05, 4.69) is 30.6 Å². The van der Waals surface area contributed by atoms with Crippen molar-refractivity contribution in [2.45, 2.75) is 13.5 Å². The number of aromatic nitrogens is 4. The van der Waals surface area contributed by atoms with Crippen LogP contribution in [0.1, 0.15) is 10.7 Å². The van der Waals surface area contributed by atoms with Crippen molar-refractivity contribution in [2.75, 3.05) is 24.8 Å². The highest BCUT2D eigenvalue weighted by Gasteiger charge is 2.06. The van der Waals surface area contributed by atoms with Gasteiger partial charge >= 0.3 is 6.01 Å². The molecule has 0 saturated carbocycles. The SMILES string of the molecule is CNc1nc(NCc2csc(C)n2)nc(OC)n1. The highest BCUT2D eigenvalue weighted by atomic mass is 32.1. The zero-order chi connectivity index (χ0) is 13.0. The fourth-order valence-corrected chi connectivity index (χ4v) is 1.91. The van der Waals surface area contributed by atoms with Crippen molar-refractivity contribution in [1.29, 1.82) is 0 Å². The Morgan fingerprint density at radius 1 is 1.22 bits per heavy atom. The summed E-state index contributed by atoms with van der Waals surface area (Å²) in [5.41, 5.74) is 0.961. The molecule has 0 saturated heterocycles. The van der Waals surface area contributed by atoms with Gasteiger partial charge in [0.15, 0.2) is 0 Å². The van der Waals surface area contributed by atoms with Gasteiger partial charge in [0.2, 0.25) is 11.9 Å². The Morgan fingerprint density at radius 2 is 2.00 bits per heavy atom. The quantitative estimate of drug-likeness (QED) is 0.843. The molecule has 0 aromatic carbocycles. The van der Waals surface area contributed by atoms with Crippen LogP contribution in [-0.4, -0.2) is 34.1 Å². The van der Waals surface area contributed by atoms with Crippen molar-refractivity contribution in [3.8, 4) is 6.01 Å². The second kappa shape index (κ2) is 5.58. The minimum absolute atomic E-state index is 0.270. The summed E-state index contributed by atoms with van der Waals surface area (Å²) >= 11 is 1.61. The molecule has 0 fully saturated rings. The van der Waals surface area contributed by atoms with Crippen molar-refractivity contribution < 1.29 is 4.74 Å². The van der Waals surface area contributed by atoms with Crippen molar-refractivity contribution in [3.05, 3.63) is 16.1 Å². The summed E-state index contributed by atoms with van der Waals surface area (Å²) in [5, 5.41) is 8.97. The third-order valence-corrected chi connectivity index (χ3v) is 2.94. The molecule has 2 rings (SSSR count). The van der Waals surface area contributed by atoms with E-state index in [1.807, 2.05) is 12.3 Å². The molecular weight excluding hydrogens is 252 g/mol. The highest BCUT2D eigenvalue weighted by molar-refractivity contribution is 7.09. The van der Waals surface area contributed by atoms with E-state index >= 15 is 0 Å². The summed E-state index contributed by atoms with van der Waals surface area (Å²) in [6.07, 6.45) is 0. The van der Waals surface area contributed by atoms with Gasteiger partial charge in [0.25, 0.3) is 0 Å². The minimum Gasteiger partial charge on any atom is -0.467 e. The summed E-state index contributed by atoms with van der Waals surface area (Å²) in [4.78, 5) is 16.6. The molecule has 2 N–H and O–H groups in total. The van der Waals surface area contributed by atoms with Crippen LogP contribution in [0.4, 0.5) is 11.9 Å². The van der Waals surface area contributed by atoms with Gasteiger partial charge in [-0.15, -0.1) is 11.3 Å². The molecule has 0 radical (unpaired) electrons. The summed E-state index contributed by atoms with van der Waals surface area (Å²) in [6.45, 7) is 2.54. The van der Waals surface area contributed by atoms with Gasteiger partial charge in [-0.3, -0.25) is 0 Å². The second-order valence-corrected chi connectivity index (χ2v) is 4.49. The Bertz CT molecular complexity index is 507. The maximum Gasteiger partial charge on any atom is 0.322 e. The molecule has 7 nitrogen and oxygen atoms in total. The van der Waals surface area contributed by atoms with Gasteiger partial charge in [-0.2, -0.15) is 15.0 Å². The first-order valence-corrected chi connectivity index (χ1v) is 6.22. The number of anilines is 2. The van der Waals surface area contributed by atoms with E-state index in [0.717, 1.165) is 10.7 Å². The molecule has 0 unspecified atom stereocenters. The predicted molar refractivity (Wildman–Crippen MR) is 70.1 cm³/mol. The molecule has 0 bridgehead atoms. The van der Waals surface area contributed by atoms with E-state index in [9.17, 15) is 0 Å². The van der Waals surface area contributed by atoms with Crippen molar-refractivity contribution in [2.24, 2.45) is 0 Å². The Balaban J connectivity index is 2.08. The standard InChI is InChI=1S/C10H14N6OS/c1-6-13-7(5-18-6)4-12-9-14-8(11-2)15-10(16-9)17-3/h5H,4H2,1-3H3,(H2,11,12,14,15,16). The highest BCUT2D eigenvalue weighted by Crippen LogP contribution is 2.12. The van der Waals surface area contributed by atoms with Crippen molar-refractivity contribution in [1.82, 2.24) is 19.9 Å². The Hall–Kier alpha value is -1.96. The van der Waals surface area contributed by atoms with E-state index in [1.54, 1.807) is 18.4 Å². The first-order valence-electron chi connectivity index (χ1n) is 5.34. The molecule has 8 heteroatoms. The molecule has 0 amide bonds. The number of nitrogens with zero attached hydrogens (tertiary/aromatic N) is 4. The van der Waals surface area contributed by atoms with Crippen LogP contribution >= 0.6 is 11.3 Å². The number of aryl methyl sites for hydroxylation is 1. The zero-order valence-corrected chi connectivity index (χ0v) is 11.2. The van der Waals surface area contributed by atoms with E-state index in [0.29, 0.717) is 18.4 Å². The first-order chi connectivity index (χ1) is 8.71. The zero-order valence-electron chi connectivity index (χ0n) is 10.4. The maximum absolute atomic E-state index is 5.00. The summed E-state index contributed by atoms with van der Waals surface area (Å²) in [6, 6.07) is 0.270.